The Morgan fingerprint density at radius 1 is 1.32 bits per heavy atom. The first-order chi connectivity index (χ1) is 9.09. The third-order valence-electron chi connectivity index (χ3n) is 2.82. The van der Waals surface area contributed by atoms with E-state index < -0.39 is 0 Å². The molecule has 1 aromatic heterocycles. The molecule has 4 nitrogen and oxygen atoms in total. The van der Waals surface area contributed by atoms with Crippen LogP contribution in [0, 0.1) is 12.8 Å². The lowest BCUT2D eigenvalue weighted by Crippen LogP contribution is -2.17. The highest BCUT2D eigenvalue weighted by Gasteiger charge is 2.09. The van der Waals surface area contributed by atoms with Crippen LogP contribution in [0.2, 0.25) is 0 Å². The molecule has 0 unspecified atom stereocenters. The number of aryl methyl sites for hydroxylation is 1. The third kappa shape index (κ3) is 3.02. The summed E-state index contributed by atoms with van der Waals surface area (Å²) in [6.45, 7) is 6.82. The molecule has 0 spiro atoms. The fourth-order valence-corrected chi connectivity index (χ4v) is 1.83. The molecule has 1 aromatic carbocycles. The Bertz CT molecular complexity index is 621. The van der Waals surface area contributed by atoms with Crippen molar-refractivity contribution < 1.29 is 0 Å². The molecule has 0 bridgehead atoms. The minimum Gasteiger partial charge on any atom is -0.295 e. The summed E-state index contributed by atoms with van der Waals surface area (Å²) in [6, 6.07) is 9.53. The summed E-state index contributed by atoms with van der Waals surface area (Å²) in [6.07, 6.45) is 1.67. The SMILES string of the molecule is Cc1[nH]n(-c2ccccc2)c(=O)c1C=NCC(C)C. The van der Waals surface area contributed by atoms with Crippen LogP contribution in [-0.4, -0.2) is 22.5 Å². The van der Waals surface area contributed by atoms with Gasteiger partial charge in [-0.1, -0.05) is 32.0 Å². The Morgan fingerprint density at radius 2 is 2.00 bits per heavy atom. The number of benzene rings is 1. The van der Waals surface area contributed by atoms with Crippen LogP contribution in [-0.2, 0) is 0 Å². The Labute approximate surface area is 112 Å². The largest absolute Gasteiger partial charge is 0.295 e. The lowest BCUT2D eigenvalue weighted by atomic mass is 10.2. The smallest absolute Gasteiger partial charge is 0.280 e. The molecule has 0 aliphatic heterocycles. The van der Waals surface area contributed by atoms with Gasteiger partial charge in [0.25, 0.3) is 5.56 Å². The maximum atomic E-state index is 12.3. The zero-order chi connectivity index (χ0) is 13.8. The lowest BCUT2D eigenvalue weighted by molar-refractivity contribution is 0.667. The number of nitrogens with zero attached hydrogens (tertiary/aromatic N) is 2. The van der Waals surface area contributed by atoms with Crippen molar-refractivity contribution in [1.82, 2.24) is 9.78 Å². The maximum absolute atomic E-state index is 12.3. The highest BCUT2D eigenvalue weighted by Crippen LogP contribution is 2.05. The molecule has 0 saturated carbocycles. The summed E-state index contributed by atoms with van der Waals surface area (Å²) in [5.41, 5.74) is 2.24. The third-order valence-corrected chi connectivity index (χ3v) is 2.82. The van der Waals surface area contributed by atoms with Gasteiger partial charge in [-0.2, -0.15) is 0 Å². The van der Waals surface area contributed by atoms with Crippen molar-refractivity contribution in [3.05, 3.63) is 51.9 Å². The van der Waals surface area contributed by atoms with Crippen molar-refractivity contribution >= 4 is 6.21 Å². The van der Waals surface area contributed by atoms with E-state index in [2.05, 4.69) is 23.9 Å². The predicted molar refractivity (Wildman–Crippen MR) is 78.4 cm³/mol. The van der Waals surface area contributed by atoms with Gasteiger partial charge in [-0.25, -0.2) is 4.68 Å². The van der Waals surface area contributed by atoms with Crippen LogP contribution >= 0.6 is 0 Å². The average molecular weight is 257 g/mol. The fourth-order valence-electron chi connectivity index (χ4n) is 1.83. The number of hydrogen-bond donors (Lipinski definition) is 1. The molecule has 0 aliphatic rings. The summed E-state index contributed by atoms with van der Waals surface area (Å²) >= 11 is 0. The van der Waals surface area contributed by atoms with Crippen LogP contribution in [0.3, 0.4) is 0 Å². The van der Waals surface area contributed by atoms with E-state index in [0.29, 0.717) is 11.5 Å². The molecule has 0 saturated heterocycles. The summed E-state index contributed by atoms with van der Waals surface area (Å²) in [4.78, 5) is 16.6. The van der Waals surface area contributed by atoms with Crippen LogP contribution in [0.5, 0.6) is 0 Å². The van der Waals surface area contributed by atoms with E-state index >= 15 is 0 Å². The molecule has 100 valence electrons. The molecule has 0 fully saturated rings. The molecule has 0 atom stereocenters. The highest BCUT2D eigenvalue weighted by atomic mass is 16.1. The van der Waals surface area contributed by atoms with Crippen LogP contribution in [0.15, 0.2) is 40.1 Å². The molecular formula is C15H19N3O. The van der Waals surface area contributed by atoms with Gasteiger partial charge in [0.15, 0.2) is 0 Å². The van der Waals surface area contributed by atoms with Crippen molar-refractivity contribution in [3.63, 3.8) is 0 Å². The number of aliphatic imine (C=N–C) groups is 1. The minimum atomic E-state index is -0.0591. The second kappa shape index (κ2) is 5.69. The normalized spacial score (nSPS) is 11.6. The van der Waals surface area contributed by atoms with Crippen LogP contribution < -0.4 is 5.56 Å². The Hall–Kier alpha value is -2.10. The topological polar surface area (TPSA) is 50.1 Å². The van der Waals surface area contributed by atoms with Gasteiger partial charge in [-0.15, -0.1) is 0 Å². The van der Waals surface area contributed by atoms with E-state index in [9.17, 15) is 4.79 Å². The molecular weight excluding hydrogens is 238 g/mol. The van der Waals surface area contributed by atoms with E-state index in [1.807, 2.05) is 37.3 Å². The lowest BCUT2D eigenvalue weighted by Gasteiger charge is -1.99. The molecule has 1 heterocycles. The first kappa shape index (κ1) is 13.3. The van der Waals surface area contributed by atoms with Crippen LogP contribution in [0.4, 0.5) is 0 Å². The molecule has 19 heavy (non-hydrogen) atoms. The number of aromatic nitrogens is 2. The standard InChI is InChI=1S/C15H19N3O/c1-11(2)9-16-10-14-12(3)17-18(15(14)19)13-7-5-4-6-8-13/h4-8,10-11,17H,9H2,1-3H3. The van der Waals surface area contributed by atoms with Gasteiger partial charge in [-0.05, 0) is 25.0 Å². The van der Waals surface area contributed by atoms with Crippen LogP contribution in [0.1, 0.15) is 25.1 Å². The second-order valence-corrected chi connectivity index (χ2v) is 5.01. The Kier molecular flexibility index (Phi) is 4.00. The van der Waals surface area contributed by atoms with Crippen molar-refractivity contribution in [1.29, 1.82) is 0 Å². The molecule has 0 radical (unpaired) electrons. The molecule has 2 rings (SSSR count). The van der Waals surface area contributed by atoms with E-state index in [1.165, 1.54) is 0 Å². The predicted octanol–water partition coefficient (Wildman–Crippen LogP) is 2.55. The maximum Gasteiger partial charge on any atom is 0.280 e. The molecule has 0 aliphatic carbocycles. The first-order valence-electron chi connectivity index (χ1n) is 6.46. The number of hydrogen-bond acceptors (Lipinski definition) is 2. The number of H-pyrrole nitrogens is 1. The van der Waals surface area contributed by atoms with Crippen molar-refractivity contribution in [2.45, 2.75) is 20.8 Å². The monoisotopic (exact) mass is 257 g/mol. The van der Waals surface area contributed by atoms with E-state index in [-0.39, 0.29) is 5.56 Å². The Morgan fingerprint density at radius 3 is 2.63 bits per heavy atom. The van der Waals surface area contributed by atoms with Gasteiger partial charge < -0.3 is 0 Å². The number of aromatic amines is 1. The van der Waals surface area contributed by atoms with Gasteiger partial charge in [0.1, 0.15) is 0 Å². The highest BCUT2D eigenvalue weighted by molar-refractivity contribution is 5.80. The molecule has 2 aromatic rings. The summed E-state index contributed by atoms with van der Waals surface area (Å²) < 4.78 is 1.55. The first-order valence-corrected chi connectivity index (χ1v) is 6.46. The number of nitrogens with one attached hydrogen (secondary N) is 1. The summed E-state index contributed by atoms with van der Waals surface area (Å²) in [5.74, 6) is 0.492. The summed E-state index contributed by atoms with van der Waals surface area (Å²) in [7, 11) is 0. The quantitative estimate of drug-likeness (QED) is 0.841. The van der Waals surface area contributed by atoms with Crippen molar-refractivity contribution in [2.75, 3.05) is 6.54 Å². The van der Waals surface area contributed by atoms with Gasteiger partial charge in [0, 0.05) is 18.5 Å². The van der Waals surface area contributed by atoms with E-state index in [4.69, 9.17) is 0 Å². The minimum absolute atomic E-state index is 0.0591. The average Bonchev–Trinajstić information content (AvgIpc) is 2.67. The zero-order valence-corrected chi connectivity index (χ0v) is 11.6. The number of para-hydroxylation sites is 1. The second-order valence-electron chi connectivity index (χ2n) is 5.01. The van der Waals surface area contributed by atoms with E-state index in [0.717, 1.165) is 17.9 Å². The Balaban J connectivity index is 2.36. The summed E-state index contributed by atoms with van der Waals surface area (Å²) in [5, 5.41) is 3.08. The van der Waals surface area contributed by atoms with Gasteiger partial charge >= 0.3 is 0 Å². The van der Waals surface area contributed by atoms with Gasteiger partial charge in [0.05, 0.1) is 11.3 Å². The number of rotatable bonds is 4. The zero-order valence-electron chi connectivity index (χ0n) is 11.6. The molecule has 4 heteroatoms. The van der Waals surface area contributed by atoms with Crippen molar-refractivity contribution in [3.8, 4) is 5.69 Å². The fraction of sp³-hybridized carbons (Fsp3) is 0.333. The van der Waals surface area contributed by atoms with Crippen LogP contribution in [0.25, 0.3) is 5.69 Å². The van der Waals surface area contributed by atoms with Gasteiger partial charge in [0.2, 0.25) is 0 Å². The van der Waals surface area contributed by atoms with Gasteiger partial charge in [-0.3, -0.25) is 14.9 Å². The molecule has 0 amide bonds. The van der Waals surface area contributed by atoms with Crippen molar-refractivity contribution in [2.24, 2.45) is 10.9 Å². The molecule has 1 N–H and O–H groups in total. The van der Waals surface area contributed by atoms with E-state index in [1.54, 1.807) is 10.9 Å².